The highest BCUT2D eigenvalue weighted by Gasteiger charge is 2.36. The number of carbonyl (C=O) groups is 3. The molecular formula is C13H15N3O3. The van der Waals surface area contributed by atoms with Gasteiger partial charge < -0.3 is 15.0 Å². The Morgan fingerprint density at radius 2 is 2.42 bits per heavy atom. The first kappa shape index (κ1) is 13.2. The van der Waals surface area contributed by atoms with Gasteiger partial charge in [-0.2, -0.15) is 0 Å². The molecule has 0 aromatic carbocycles. The molecule has 2 heterocycles. The average Bonchev–Trinajstić information content (AvgIpc) is 2.77. The highest BCUT2D eigenvalue weighted by molar-refractivity contribution is 6.00. The Hall–Kier alpha value is -2.24. The fraction of sp³-hybridized carbons (Fsp3) is 0.385. The number of rotatable bonds is 5. The predicted octanol–water partition coefficient (Wildman–Crippen LogP) is 0.131. The molecule has 0 fully saturated rings. The number of fused-ring (bicyclic) bond motifs is 1. The lowest BCUT2D eigenvalue weighted by Gasteiger charge is -2.25. The average molecular weight is 261 g/mol. The number of hydrogen-bond acceptors (Lipinski definition) is 4. The zero-order valence-corrected chi connectivity index (χ0v) is 10.6. The first-order chi connectivity index (χ1) is 9.19. The van der Waals surface area contributed by atoms with Gasteiger partial charge in [0.2, 0.25) is 5.91 Å². The van der Waals surface area contributed by atoms with Gasteiger partial charge in [0.1, 0.15) is 12.3 Å². The molecule has 6 nitrogen and oxygen atoms in total. The van der Waals surface area contributed by atoms with E-state index in [-0.39, 0.29) is 18.2 Å². The highest BCUT2D eigenvalue weighted by Crippen LogP contribution is 2.24. The van der Waals surface area contributed by atoms with Crippen molar-refractivity contribution < 1.29 is 14.4 Å². The van der Waals surface area contributed by atoms with Crippen LogP contribution in [0.4, 0.5) is 0 Å². The molecule has 100 valence electrons. The Labute approximate surface area is 110 Å². The van der Waals surface area contributed by atoms with Gasteiger partial charge in [-0.25, -0.2) is 0 Å². The van der Waals surface area contributed by atoms with Crippen molar-refractivity contribution >= 4 is 18.1 Å². The summed E-state index contributed by atoms with van der Waals surface area (Å²) in [4.78, 5) is 40.2. The topological polar surface area (TPSA) is 79.4 Å². The minimum absolute atomic E-state index is 0.206. The van der Waals surface area contributed by atoms with Gasteiger partial charge in [0.25, 0.3) is 5.91 Å². The van der Waals surface area contributed by atoms with Gasteiger partial charge in [-0.3, -0.25) is 14.6 Å². The summed E-state index contributed by atoms with van der Waals surface area (Å²) in [6.45, 7) is 0.311. The van der Waals surface area contributed by atoms with Crippen molar-refractivity contribution in [2.24, 2.45) is 0 Å². The molecule has 6 heteroatoms. The van der Waals surface area contributed by atoms with E-state index in [1.54, 1.807) is 18.3 Å². The van der Waals surface area contributed by atoms with E-state index in [0.717, 1.165) is 6.29 Å². The molecule has 1 aliphatic heterocycles. The molecule has 2 rings (SSSR count). The summed E-state index contributed by atoms with van der Waals surface area (Å²) in [5, 5.41) is 2.53. The Balaban J connectivity index is 2.23. The second-order valence-corrected chi connectivity index (χ2v) is 4.30. The van der Waals surface area contributed by atoms with Crippen LogP contribution in [0.3, 0.4) is 0 Å². The quantitative estimate of drug-likeness (QED) is 0.764. The van der Waals surface area contributed by atoms with Gasteiger partial charge >= 0.3 is 0 Å². The molecule has 1 aliphatic rings. The largest absolute Gasteiger partial charge is 0.357 e. The van der Waals surface area contributed by atoms with Crippen molar-refractivity contribution in [2.45, 2.75) is 25.4 Å². The van der Waals surface area contributed by atoms with E-state index in [0.29, 0.717) is 24.2 Å². The Bertz CT molecular complexity index is 516. The fourth-order valence-electron chi connectivity index (χ4n) is 2.22. The molecule has 19 heavy (non-hydrogen) atoms. The number of nitrogens with one attached hydrogen (secondary N) is 1. The molecule has 1 atom stereocenters. The molecule has 1 aromatic rings. The zero-order valence-electron chi connectivity index (χ0n) is 10.6. The van der Waals surface area contributed by atoms with Crippen LogP contribution in [0.25, 0.3) is 0 Å². The molecule has 1 aromatic heterocycles. The van der Waals surface area contributed by atoms with Gasteiger partial charge in [0, 0.05) is 19.7 Å². The van der Waals surface area contributed by atoms with Crippen LogP contribution in [-0.4, -0.2) is 41.1 Å². The normalized spacial score (nSPS) is 15.0. The minimum atomic E-state index is -0.628. The number of amides is 2. The smallest absolute Gasteiger partial charge is 0.256 e. The highest BCUT2D eigenvalue weighted by atomic mass is 16.2. The summed E-state index contributed by atoms with van der Waals surface area (Å²) in [5.74, 6) is -0.467. The van der Waals surface area contributed by atoms with Crippen molar-refractivity contribution in [3.05, 3.63) is 29.6 Å². The molecule has 0 bridgehead atoms. The van der Waals surface area contributed by atoms with E-state index in [1.807, 2.05) is 0 Å². The van der Waals surface area contributed by atoms with E-state index in [4.69, 9.17) is 0 Å². The van der Waals surface area contributed by atoms with Crippen LogP contribution >= 0.6 is 0 Å². The first-order valence-electron chi connectivity index (χ1n) is 6.09. The van der Waals surface area contributed by atoms with Gasteiger partial charge in [0.15, 0.2) is 0 Å². The summed E-state index contributed by atoms with van der Waals surface area (Å²) >= 11 is 0. The number of nitrogens with zero attached hydrogens (tertiary/aromatic N) is 2. The minimum Gasteiger partial charge on any atom is -0.357 e. The number of pyridine rings is 1. The van der Waals surface area contributed by atoms with Crippen LogP contribution < -0.4 is 5.32 Å². The van der Waals surface area contributed by atoms with Crippen molar-refractivity contribution in [3.8, 4) is 0 Å². The maximum Gasteiger partial charge on any atom is 0.256 e. The van der Waals surface area contributed by atoms with E-state index in [2.05, 4.69) is 10.3 Å². The van der Waals surface area contributed by atoms with Crippen molar-refractivity contribution in [2.75, 3.05) is 7.05 Å². The first-order valence-corrected chi connectivity index (χ1v) is 6.09. The SMILES string of the molecule is CNC(=O)C(CCC=O)N1Cc2ncccc2C1=O. The summed E-state index contributed by atoms with van der Waals surface area (Å²) in [6.07, 6.45) is 2.94. The summed E-state index contributed by atoms with van der Waals surface area (Å²) in [6, 6.07) is 2.77. The molecule has 0 spiro atoms. The Kier molecular flexibility index (Phi) is 3.89. The van der Waals surface area contributed by atoms with Gasteiger partial charge in [-0.05, 0) is 18.6 Å². The second-order valence-electron chi connectivity index (χ2n) is 4.30. The third-order valence-corrected chi connectivity index (χ3v) is 3.18. The monoisotopic (exact) mass is 261 g/mol. The number of hydrogen-bond donors (Lipinski definition) is 1. The molecule has 0 saturated heterocycles. The number of likely N-dealkylation sites (N-methyl/N-ethyl adjacent to an activating group) is 1. The third-order valence-electron chi connectivity index (χ3n) is 3.18. The van der Waals surface area contributed by atoms with Gasteiger partial charge in [0.05, 0.1) is 17.8 Å². The Morgan fingerprint density at radius 1 is 1.63 bits per heavy atom. The van der Waals surface area contributed by atoms with E-state index < -0.39 is 6.04 Å². The summed E-state index contributed by atoms with van der Waals surface area (Å²) < 4.78 is 0. The van der Waals surface area contributed by atoms with Crippen LogP contribution in [0.15, 0.2) is 18.3 Å². The molecule has 1 N–H and O–H groups in total. The van der Waals surface area contributed by atoms with Crippen LogP contribution in [0.5, 0.6) is 0 Å². The zero-order chi connectivity index (χ0) is 13.8. The van der Waals surface area contributed by atoms with Crippen LogP contribution in [0, 0.1) is 0 Å². The predicted molar refractivity (Wildman–Crippen MR) is 67.3 cm³/mol. The number of aromatic nitrogens is 1. The molecule has 0 saturated carbocycles. The fourth-order valence-corrected chi connectivity index (χ4v) is 2.22. The van der Waals surface area contributed by atoms with Crippen molar-refractivity contribution in [3.63, 3.8) is 0 Å². The lowest BCUT2D eigenvalue weighted by Crippen LogP contribution is -2.46. The molecular weight excluding hydrogens is 246 g/mol. The van der Waals surface area contributed by atoms with Gasteiger partial charge in [-0.15, -0.1) is 0 Å². The van der Waals surface area contributed by atoms with Crippen molar-refractivity contribution in [1.82, 2.24) is 15.2 Å². The molecule has 0 radical (unpaired) electrons. The lowest BCUT2D eigenvalue weighted by atomic mass is 10.1. The lowest BCUT2D eigenvalue weighted by molar-refractivity contribution is -0.125. The second kappa shape index (κ2) is 5.60. The summed E-state index contributed by atoms with van der Waals surface area (Å²) in [5.41, 5.74) is 1.20. The Morgan fingerprint density at radius 3 is 3.05 bits per heavy atom. The van der Waals surface area contributed by atoms with Crippen molar-refractivity contribution in [1.29, 1.82) is 0 Å². The maximum atomic E-state index is 12.2. The van der Waals surface area contributed by atoms with Crippen LogP contribution in [0.1, 0.15) is 28.9 Å². The van der Waals surface area contributed by atoms with E-state index in [1.165, 1.54) is 11.9 Å². The summed E-state index contributed by atoms with van der Waals surface area (Å²) in [7, 11) is 1.52. The molecule has 2 amide bonds. The number of aldehydes is 1. The third kappa shape index (κ3) is 2.47. The van der Waals surface area contributed by atoms with E-state index in [9.17, 15) is 14.4 Å². The maximum absolute atomic E-state index is 12.2. The number of carbonyl (C=O) groups excluding carboxylic acids is 3. The van der Waals surface area contributed by atoms with Gasteiger partial charge in [-0.1, -0.05) is 0 Å². The molecule has 0 aliphatic carbocycles. The van der Waals surface area contributed by atoms with E-state index >= 15 is 0 Å². The molecule has 1 unspecified atom stereocenters. The standard InChI is InChI=1S/C13H15N3O3/c1-14-12(18)11(5-3-7-17)16-8-10-9(13(16)19)4-2-6-15-10/h2,4,6-7,11H,3,5,8H2,1H3,(H,14,18). The van der Waals surface area contributed by atoms with Crippen LogP contribution in [-0.2, 0) is 16.1 Å². The van der Waals surface area contributed by atoms with Crippen LogP contribution in [0.2, 0.25) is 0 Å².